The van der Waals surface area contributed by atoms with Crippen LogP contribution in [-0.2, 0) is 4.79 Å². The lowest BCUT2D eigenvalue weighted by Crippen LogP contribution is -2.47. The molecule has 0 radical (unpaired) electrons. The number of alkyl halides is 5. The molecule has 1 heterocycles. The highest BCUT2D eigenvalue weighted by atomic mass is 35.5. The minimum atomic E-state index is -5.95. The predicted molar refractivity (Wildman–Crippen MR) is 48.9 cm³/mol. The topological polar surface area (TPSA) is 42.0 Å². The number of halogens is 6. The van der Waals surface area contributed by atoms with Gasteiger partial charge in [0.15, 0.2) is 0 Å². The lowest BCUT2D eigenvalue weighted by molar-refractivity contribution is -0.267. The Labute approximate surface area is 96.6 Å². The first-order valence-corrected chi connectivity index (χ1v) is 4.40. The van der Waals surface area contributed by atoms with Gasteiger partial charge in [0.2, 0.25) is 0 Å². The van der Waals surface area contributed by atoms with E-state index in [1.54, 1.807) is 0 Å². The number of anilines is 1. The van der Waals surface area contributed by atoms with Crippen LogP contribution in [0.1, 0.15) is 0 Å². The standard InChI is InChI=1S/C8H4ClF5N2O/c9-5-3-4(1-2-15-5)16-6(17)7(10,11)8(12,13)14/h1-3H,(H,15,16,17). The van der Waals surface area contributed by atoms with Gasteiger partial charge in [0, 0.05) is 11.9 Å². The lowest BCUT2D eigenvalue weighted by Gasteiger charge is -2.18. The van der Waals surface area contributed by atoms with Crippen molar-refractivity contribution in [3.05, 3.63) is 23.5 Å². The molecule has 1 rings (SSSR count). The van der Waals surface area contributed by atoms with Gasteiger partial charge in [-0.25, -0.2) is 4.98 Å². The average molecular weight is 275 g/mol. The van der Waals surface area contributed by atoms with Crippen molar-refractivity contribution in [2.24, 2.45) is 0 Å². The van der Waals surface area contributed by atoms with Crippen molar-refractivity contribution < 1.29 is 26.7 Å². The van der Waals surface area contributed by atoms with Gasteiger partial charge in [-0.05, 0) is 12.1 Å². The fourth-order valence-corrected chi connectivity index (χ4v) is 0.992. The van der Waals surface area contributed by atoms with Gasteiger partial charge in [-0.3, -0.25) is 4.79 Å². The second-order valence-electron chi connectivity index (χ2n) is 2.89. The molecule has 1 aromatic rings. The van der Waals surface area contributed by atoms with E-state index in [9.17, 15) is 26.7 Å². The van der Waals surface area contributed by atoms with Crippen molar-refractivity contribution in [2.45, 2.75) is 12.1 Å². The summed E-state index contributed by atoms with van der Waals surface area (Å²) in [6.45, 7) is 0. The van der Waals surface area contributed by atoms with Crippen LogP contribution in [-0.4, -0.2) is 23.0 Å². The number of hydrogen-bond acceptors (Lipinski definition) is 2. The Morgan fingerprint density at radius 2 is 1.88 bits per heavy atom. The number of pyridine rings is 1. The Hall–Kier alpha value is -1.44. The number of hydrogen-bond donors (Lipinski definition) is 1. The number of aromatic nitrogens is 1. The Morgan fingerprint density at radius 3 is 2.35 bits per heavy atom. The molecule has 0 aliphatic heterocycles. The summed E-state index contributed by atoms with van der Waals surface area (Å²) in [6, 6.07) is 1.96. The van der Waals surface area contributed by atoms with Gasteiger partial charge in [-0.15, -0.1) is 0 Å². The summed E-state index contributed by atoms with van der Waals surface area (Å²) in [6.07, 6.45) is -4.91. The second kappa shape index (κ2) is 4.44. The van der Waals surface area contributed by atoms with Gasteiger partial charge in [0.1, 0.15) is 5.15 Å². The summed E-state index contributed by atoms with van der Waals surface area (Å²) < 4.78 is 60.5. The third-order valence-corrected chi connectivity index (χ3v) is 1.83. The van der Waals surface area contributed by atoms with E-state index < -0.39 is 18.0 Å². The third kappa shape index (κ3) is 3.02. The number of nitrogens with one attached hydrogen (secondary N) is 1. The van der Waals surface area contributed by atoms with Crippen molar-refractivity contribution in [3.8, 4) is 0 Å². The number of nitrogens with zero attached hydrogens (tertiary/aromatic N) is 1. The van der Waals surface area contributed by atoms with Crippen LogP contribution < -0.4 is 5.32 Å². The smallest absolute Gasteiger partial charge is 0.320 e. The molecule has 9 heteroatoms. The third-order valence-electron chi connectivity index (χ3n) is 1.63. The van der Waals surface area contributed by atoms with Crippen molar-refractivity contribution in [1.82, 2.24) is 4.98 Å². The van der Waals surface area contributed by atoms with Crippen LogP contribution in [0, 0.1) is 0 Å². The Balaban J connectivity index is 2.87. The highest BCUT2D eigenvalue weighted by molar-refractivity contribution is 6.29. The highest BCUT2D eigenvalue weighted by Crippen LogP contribution is 2.36. The zero-order valence-electron chi connectivity index (χ0n) is 7.86. The van der Waals surface area contributed by atoms with Crippen molar-refractivity contribution in [2.75, 3.05) is 5.32 Å². The van der Waals surface area contributed by atoms with Crippen LogP contribution in [0.5, 0.6) is 0 Å². The van der Waals surface area contributed by atoms with E-state index in [2.05, 4.69) is 4.98 Å². The first-order chi connectivity index (χ1) is 7.64. The molecule has 0 unspecified atom stereocenters. The number of rotatable bonds is 2. The summed E-state index contributed by atoms with van der Waals surface area (Å²) in [5, 5.41) is 1.24. The molecule has 0 spiro atoms. The van der Waals surface area contributed by atoms with Gasteiger partial charge in [0.05, 0.1) is 0 Å². The first-order valence-electron chi connectivity index (χ1n) is 4.02. The minimum Gasteiger partial charge on any atom is -0.320 e. The molecule has 1 amide bonds. The van der Waals surface area contributed by atoms with Gasteiger partial charge in [0.25, 0.3) is 0 Å². The first kappa shape index (κ1) is 13.6. The summed E-state index contributed by atoms with van der Waals surface area (Å²) >= 11 is 5.36. The zero-order valence-corrected chi connectivity index (χ0v) is 8.61. The number of carbonyl (C=O) groups excluding carboxylic acids is 1. The molecule has 0 aromatic carbocycles. The minimum absolute atomic E-state index is 0.155. The molecule has 94 valence electrons. The Morgan fingerprint density at radius 1 is 1.29 bits per heavy atom. The predicted octanol–water partition coefficient (Wildman–Crippen LogP) is 2.87. The maximum Gasteiger partial charge on any atom is 0.463 e. The lowest BCUT2D eigenvalue weighted by atomic mass is 10.3. The number of carbonyl (C=O) groups is 1. The van der Waals surface area contributed by atoms with Gasteiger partial charge >= 0.3 is 18.0 Å². The summed E-state index contributed by atoms with van der Waals surface area (Å²) in [7, 11) is 0. The summed E-state index contributed by atoms with van der Waals surface area (Å²) in [5.41, 5.74) is -0.307. The molecule has 0 aliphatic carbocycles. The fourth-order valence-electron chi connectivity index (χ4n) is 0.819. The molecule has 17 heavy (non-hydrogen) atoms. The summed E-state index contributed by atoms with van der Waals surface area (Å²) in [5.74, 6) is -7.95. The van der Waals surface area contributed by atoms with Crippen LogP contribution >= 0.6 is 11.6 Å². The van der Waals surface area contributed by atoms with Gasteiger partial charge in [-0.1, -0.05) is 11.6 Å². The van der Waals surface area contributed by atoms with Gasteiger partial charge in [-0.2, -0.15) is 22.0 Å². The maximum absolute atomic E-state index is 12.5. The molecular formula is C8H4ClF5N2O. The van der Waals surface area contributed by atoms with Crippen LogP contribution in [0.2, 0.25) is 5.15 Å². The molecule has 3 nitrogen and oxygen atoms in total. The van der Waals surface area contributed by atoms with Crippen LogP contribution in [0.15, 0.2) is 18.3 Å². The van der Waals surface area contributed by atoms with E-state index in [0.717, 1.165) is 18.3 Å². The van der Waals surface area contributed by atoms with E-state index >= 15 is 0 Å². The fraction of sp³-hybridized carbons (Fsp3) is 0.250. The monoisotopic (exact) mass is 274 g/mol. The highest BCUT2D eigenvalue weighted by Gasteiger charge is 2.63. The number of amides is 1. The largest absolute Gasteiger partial charge is 0.463 e. The van der Waals surface area contributed by atoms with E-state index in [1.807, 2.05) is 0 Å². The average Bonchev–Trinajstić information content (AvgIpc) is 2.15. The van der Waals surface area contributed by atoms with E-state index in [0.29, 0.717) is 0 Å². The Bertz CT molecular complexity index is 434. The van der Waals surface area contributed by atoms with Crippen molar-refractivity contribution >= 4 is 23.2 Å². The van der Waals surface area contributed by atoms with E-state index in [1.165, 1.54) is 5.32 Å². The van der Waals surface area contributed by atoms with Crippen LogP contribution in [0.25, 0.3) is 0 Å². The maximum atomic E-state index is 12.5. The van der Waals surface area contributed by atoms with Crippen molar-refractivity contribution in [1.29, 1.82) is 0 Å². The SMILES string of the molecule is O=C(Nc1ccnc(Cl)c1)C(F)(F)C(F)(F)F. The molecule has 0 bridgehead atoms. The Kier molecular flexibility index (Phi) is 3.56. The zero-order chi connectivity index (χ0) is 13.3. The normalized spacial score (nSPS) is 12.4. The second-order valence-corrected chi connectivity index (χ2v) is 3.28. The molecular weight excluding hydrogens is 271 g/mol. The van der Waals surface area contributed by atoms with Crippen LogP contribution in [0.3, 0.4) is 0 Å². The molecule has 1 N–H and O–H groups in total. The molecule has 0 saturated heterocycles. The quantitative estimate of drug-likeness (QED) is 0.665. The van der Waals surface area contributed by atoms with E-state index in [-0.39, 0.29) is 10.8 Å². The molecule has 0 atom stereocenters. The summed E-state index contributed by atoms with van der Waals surface area (Å²) in [4.78, 5) is 14.2. The van der Waals surface area contributed by atoms with Crippen molar-refractivity contribution in [3.63, 3.8) is 0 Å². The van der Waals surface area contributed by atoms with E-state index in [4.69, 9.17) is 11.6 Å². The van der Waals surface area contributed by atoms with Gasteiger partial charge < -0.3 is 5.32 Å². The molecule has 0 fully saturated rings. The molecule has 0 saturated carbocycles. The molecule has 0 aliphatic rings. The molecule has 1 aromatic heterocycles. The van der Waals surface area contributed by atoms with Crippen LogP contribution in [0.4, 0.5) is 27.6 Å².